The molecule has 0 radical (unpaired) electrons. The summed E-state index contributed by atoms with van der Waals surface area (Å²) in [5, 5.41) is 12.1. The van der Waals surface area contributed by atoms with Gasteiger partial charge in [0.1, 0.15) is 11.9 Å². The van der Waals surface area contributed by atoms with Gasteiger partial charge in [-0.2, -0.15) is 5.26 Å². The molecule has 0 amide bonds. The van der Waals surface area contributed by atoms with Gasteiger partial charge in [-0.1, -0.05) is 13.3 Å². The second-order valence-corrected chi connectivity index (χ2v) is 4.54. The summed E-state index contributed by atoms with van der Waals surface area (Å²) in [4.78, 5) is 10.5. The highest BCUT2D eigenvalue weighted by Gasteiger charge is 2.20. The molecule has 1 atom stereocenters. The summed E-state index contributed by atoms with van der Waals surface area (Å²) >= 11 is 0. The molecule has 5 nitrogen and oxygen atoms in total. The number of piperidine rings is 1. The molecular weight excluding hydrogens is 226 g/mol. The Hall–Kier alpha value is -1.67. The maximum atomic E-state index is 8.75. The number of nitrogens with one attached hydrogen (secondary N) is 1. The lowest BCUT2D eigenvalue weighted by Gasteiger charge is -2.35. The first-order valence-electron chi connectivity index (χ1n) is 6.54. The van der Waals surface area contributed by atoms with Crippen molar-refractivity contribution in [2.24, 2.45) is 0 Å². The van der Waals surface area contributed by atoms with Crippen molar-refractivity contribution in [2.75, 3.05) is 25.0 Å². The molecule has 0 aromatic carbocycles. The number of nitrogens with zero attached hydrogens (tertiary/aromatic N) is 4. The van der Waals surface area contributed by atoms with E-state index in [1.54, 1.807) is 12.3 Å². The quantitative estimate of drug-likeness (QED) is 0.873. The normalized spacial score (nSPS) is 20.3. The van der Waals surface area contributed by atoms with Crippen molar-refractivity contribution in [2.45, 2.75) is 32.2 Å². The average Bonchev–Trinajstić information content (AvgIpc) is 2.45. The zero-order valence-electron chi connectivity index (χ0n) is 10.8. The minimum atomic E-state index is 0.219. The van der Waals surface area contributed by atoms with Gasteiger partial charge in [0.2, 0.25) is 5.82 Å². The van der Waals surface area contributed by atoms with Crippen molar-refractivity contribution in [3.05, 3.63) is 18.1 Å². The number of hydrogen-bond donors (Lipinski definition) is 1. The SMILES string of the molecule is CCN1CCCCC1CNc1ccnc(C#N)n1. The van der Waals surface area contributed by atoms with Crippen LogP contribution in [0.4, 0.5) is 5.82 Å². The van der Waals surface area contributed by atoms with E-state index in [-0.39, 0.29) is 5.82 Å². The van der Waals surface area contributed by atoms with Crippen LogP contribution in [0, 0.1) is 11.3 Å². The molecule has 0 spiro atoms. The molecule has 1 aromatic rings. The molecule has 1 aliphatic rings. The van der Waals surface area contributed by atoms with Gasteiger partial charge in [-0.05, 0) is 32.0 Å². The van der Waals surface area contributed by atoms with Gasteiger partial charge in [0.25, 0.3) is 0 Å². The van der Waals surface area contributed by atoms with Gasteiger partial charge in [-0.3, -0.25) is 4.90 Å². The smallest absolute Gasteiger partial charge is 0.234 e. The Morgan fingerprint density at radius 2 is 2.44 bits per heavy atom. The van der Waals surface area contributed by atoms with E-state index in [4.69, 9.17) is 5.26 Å². The average molecular weight is 245 g/mol. The number of likely N-dealkylation sites (N-methyl/N-ethyl adjacent to an activating group) is 1. The van der Waals surface area contributed by atoms with Crippen molar-refractivity contribution in [1.29, 1.82) is 5.26 Å². The summed E-state index contributed by atoms with van der Waals surface area (Å²) < 4.78 is 0. The molecule has 1 unspecified atom stereocenters. The molecule has 1 aliphatic heterocycles. The lowest BCUT2D eigenvalue weighted by atomic mass is 10.0. The van der Waals surface area contributed by atoms with Crippen LogP contribution in [0.3, 0.4) is 0 Å². The van der Waals surface area contributed by atoms with Crippen LogP contribution >= 0.6 is 0 Å². The van der Waals surface area contributed by atoms with E-state index >= 15 is 0 Å². The molecule has 1 aromatic heterocycles. The standard InChI is InChI=1S/C13H19N5/c1-2-18-8-4-3-5-11(18)10-16-12-6-7-15-13(9-14)17-12/h6-7,11H,2-5,8,10H2,1H3,(H,15,16,17). The van der Waals surface area contributed by atoms with Crippen molar-refractivity contribution < 1.29 is 0 Å². The summed E-state index contributed by atoms with van der Waals surface area (Å²) in [5.41, 5.74) is 0. The van der Waals surface area contributed by atoms with Crippen LogP contribution in [0.25, 0.3) is 0 Å². The van der Waals surface area contributed by atoms with E-state index < -0.39 is 0 Å². The second-order valence-electron chi connectivity index (χ2n) is 4.54. The first-order chi connectivity index (χ1) is 8.83. The Labute approximate surface area is 108 Å². The fourth-order valence-electron chi connectivity index (χ4n) is 2.44. The van der Waals surface area contributed by atoms with E-state index in [0.29, 0.717) is 6.04 Å². The van der Waals surface area contributed by atoms with E-state index in [1.807, 2.05) is 6.07 Å². The van der Waals surface area contributed by atoms with Crippen molar-refractivity contribution in [3.8, 4) is 6.07 Å². The number of anilines is 1. The van der Waals surface area contributed by atoms with Gasteiger partial charge in [0.05, 0.1) is 0 Å². The summed E-state index contributed by atoms with van der Waals surface area (Å²) in [5.74, 6) is 0.958. The Bertz CT molecular complexity index is 426. The molecule has 0 bridgehead atoms. The van der Waals surface area contributed by atoms with Crippen LogP contribution < -0.4 is 5.32 Å². The minimum absolute atomic E-state index is 0.219. The number of nitriles is 1. The Kier molecular flexibility index (Phi) is 4.48. The maximum absolute atomic E-state index is 8.75. The zero-order valence-corrected chi connectivity index (χ0v) is 10.8. The lowest BCUT2D eigenvalue weighted by molar-refractivity contribution is 0.164. The molecule has 18 heavy (non-hydrogen) atoms. The number of rotatable bonds is 4. The van der Waals surface area contributed by atoms with Crippen molar-refractivity contribution >= 4 is 5.82 Å². The Morgan fingerprint density at radius 3 is 3.22 bits per heavy atom. The molecule has 5 heteroatoms. The first-order valence-corrected chi connectivity index (χ1v) is 6.54. The summed E-state index contributed by atoms with van der Waals surface area (Å²) in [6.45, 7) is 5.38. The van der Waals surface area contributed by atoms with Crippen molar-refractivity contribution in [1.82, 2.24) is 14.9 Å². The van der Waals surface area contributed by atoms with Gasteiger partial charge >= 0.3 is 0 Å². The molecule has 2 heterocycles. The van der Waals surface area contributed by atoms with Crippen LogP contribution in [0.1, 0.15) is 32.0 Å². The van der Waals surface area contributed by atoms with Crippen molar-refractivity contribution in [3.63, 3.8) is 0 Å². The highest BCUT2D eigenvalue weighted by Crippen LogP contribution is 2.16. The van der Waals surface area contributed by atoms with Crippen LogP contribution in [0.2, 0.25) is 0 Å². The monoisotopic (exact) mass is 245 g/mol. The number of hydrogen-bond acceptors (Lipinski definition) is 5. The molecule has 2 rings (SSSR count). The number of likely N-dealkylation sites (tertiary alicyclic amines) is 1. The molecule has 0 saturated carbocycles. The van der Waals surface area contributed by atoms with Gasteiger partial charge in [0, 0.05) is 18.8 Å². The summed E-state index contributed by atoms with van der Waals surface area (Å²) in [7, 11) is 0. The third-order valence-electron chi connectivity index (χ3n) is 3.43. The summed E-state index contributed by atoms with van der Waals surface area (Å²) in [6.07, 6.45) is 5.45. The minimum Gasteiger partial charge on any atom is -0.368 e. The highest BCUT2D eigenvalue weighted by molar-refractivity contribution is 5.35. The second kappa shape index (κ2) is 6.31. The fourth-order valence-corrected chi connectivity index (χ4v) is 2.44. The van der Waals surface area contributed by atoms with Gasteiger partial charge in [0.15, 0.2) is 0 Å². The summed E-state index contributed by atoms with van der Waals surface area (Å²) in [6, 6.07) is 4.33. The lowest BCUT2D eigenvalue weighted by Crippen LogP contribution is -2.43. The Morgan fingerprint density at radius 1 is 1.56 bits per heavy atom. The fraction of sp³-hybridized carbons (Fsp3) is 0.615. The molecular formula is C13H19N5. The Balaban J connectivity index is 1.91. The number of aromatic nitrogens is 2. The van der Waals surface area contributed by atoms with E-state index in [1.165, 1.54) is 25.8 Å². The predicted molar refractivity (Wildman–Crippen MR) is 70.1 cm³/mol. The predicted octanol–water partition coefficient (Wildman–Crippen LogP) is 1.63. The van der Waals surface area contributed by atoms with Crippen LogP contribution in [-0.4, -0.2) is 40.5 Å². The topological polar surface area (TPSA) is 64.8 Å². The van der Waals surface area contributed by atoms with E-state index in [0.717, 1.165) is 18.9 Å². The van der Waals surface area contributed by atoms with Crippen LogP contribution in [0.5, 0.6) is 0 Å². The largest absolute Gasteiger partial charge is 0.368 e. The van der Waals surface area contributed by atoms with Gasteiger partial charge in [-0.15, -0.1) is 0 Å². The van der Waals surface area contributed by atoms with E-state index in [9.17, 15) is 0 Å². The van der Waals surface area contributed by atoms with Gasteiger partial charge < -0.3 is 5.32 Å². The third kappa shape index (κ3) is 3.17. The third-order valence-corrected chi connectivity index (χ3v) is 3.43. The van der Waals surface area contributed by atoms with Crippen LogP contribution in [-0.2, 0) is 0 Å². The van der Waals surface area contributed by atoms with Gasteiger partial charge in [-0.25, -0.2) is 9.97 Å². The maximum Gasteiger partial charge on any atom is 0.234 e. The molecule has 0 aliphatic carbocycles. The molecule has 96 valence electrons. The first kappa shape index (κ1) is 12.8. The molecule has 1 N–H and O–H groups in total. The van der Waals surface area contributed by atoms with E-state index in [2.05, 4.69) is 27.1 Å². The molecule has 1 saturated heterocycles. The zero-order chi connectivity index (χ0) is 12.8. The highest BCUT2D eigenvalue weighted by atomic mass is 15.2. The van der Waals surface area contributed by atoms with Crippen LogP contribution in [0.15, 0.2) is 12.3 Å². The molecule has 1 fully saturated rings.